The average Bonchev–Trinajstić information content (AvgIpc) is 2.78. The zero-order valence-electron chi connectivity index (χ0n) is 17.2. The molecule has 33 heavy (non-hydrogen) atoms. The van der Waals surface area contributed by atoms with Crippen molar-refractivity contribution in [2.75, 3.05) is 23.5 Å². The van der Waals surface area contributed by atoms with Gasteiger partial charge in [-0.2, -0.15) is 13.2 Å². The van der Waals surface area contributed by atoms with E-state index in [4.69, 9.17) is 16.3 Å². The fourth-order valence-electron chi connectivity index (χ4n) is 2.83. The highest BCUT2D eigenvalue weighted by Crippen LogP contribution is 2.36. The van der Waals surface area contributed by atoms with E-state index in [1.807, 2.05) is 0 Å². The van der Waals surface area contributed by atoms with Crippen LogP contribution >= 0.6 is 23.4 Å². The first-order valence-corrected chi connectivity index (χ1v) is 10.9. The highest BCUT2D eigenvalue weighted by molar-refractivity contribution is 8.00. The second-order valence-corrected chi connectivity index (χ2v) is 8.22. The predicted octanol–water partition coefficient (Wildman–Crippen LogP) is 6.35. The van der Waals surface area contributed by atoms with Crippen LogP contribution in [0.2, 0.25) is 5.02 Å². The molecule has 3 rings (SSSR count). The Hall–Kier alpha value is -3.17. The van der Waals surface area contributed by atoms with Crippen molar-refractivity contribution in [1.29, 1.82) is 0 Å². The first-order chi connectivity index (χ1) is 15.7. The highest BCUT2D eigenvalue weighted by Gasteiger charge is 2.34. The summed E-state index contributed by atoms with van der Waals surface area (Å²) in [4.78, 5) is 25.4. The molecule has 3 aromatic rings. The smallest absolute Gasteiger partial charge is 0.418 e. The summed E-state index contributed by atoms with van der Waals surface area (Å²) in [7, 11) is 1.50. The van der Waals surface area contributed by atoms with Gasteiger partial charge in [-0.3, -0.25) is 9.59 Å². The van der Waals surface area contributed by atoms with Crippen molar-refractivity contribution in [3.8, 4) is 5.75 Å². The molecule has 10 heteroatoms. The Morgan fingerprint density at radius 1 is 1.00 bits per heavy atom. The maximum Gasteiger partial charge on any atom is 0.418 e. The van der Waals surface area contributed by atoms with Gasteiger partial charge in [-0.25, -0.2) is 0 Å². The van der Waals surface area contributed by atoms with Crippen LogP contribution in [-0.4, -0.2) is 24.7 Å². The number of hydrogen-bond donors (Lipinski definition) is 2. The summed E-state index contributed by atoms with van der Waals surface area (Å²) in [6.07, 6.45) is -4.66. The van der Waals surface area contributed by atoms with Gasteiger partial charge >= 0.3 is 6.18 Å². The summed E-state index contributed by atoms with van der Waals surface area (Å²) in [5, 5.41) is 4.95. The topological polar surface area (TPSA) is 67.4 Å². The van der Waals surface area contributed by atoms with Crippen molar-refractivity contribution < 1.29 is 27.5 Å². The molecule has 0 aliphatic carbocycles. The minimum Gasteiger partial charge on any atom is -0.497 e. The Morgan fingerprint density at radius 2 is 1.76 bits per heavy atom. The number of rotatable bonds is 7. The number of halogens is 4. The molecule has 3 aromatic carbocycles. The van der Waals surface area contributed by atoms with E-state index >= 15 is 0 Å². The number of thioether (sulfide) groups is 1. The van der Waals surface area contributed by atoms with E-state index in [1.54, 1.807) is 48.5 Å². The number of carbonyl (C=O) groups excluding carboxylic acids is 2. The molecule has 0 aliphatic heterocycles. The monoisotopic (exact) mass is 494 g/mol. The van der Waals surface area contributed by atoms with Crippen LogP contribution in [0.1, 0.15) is 15.9 Å². The molecule has 172 valence electrons. The summed E-state index contributed by atoms with van der Waals surface area (Å²) < 4.78 is 44.7. The van der Waals surface area contributed by atoms with E-state index in [0.717, 1.165) is 23.9 Å². The molecule has 0 aromatic heterocycles. The Labute approximate surface area is 197 Å². The first-order valence-electron chi connectivity index (χ1n) is 9.50. The zero-order valence-corrected chi connectivity index (χ0v) is 18.8. The third kappa shape index (κ3) is 6.90. The van der Waals surface area contributed by atoms with Crippen molar-refractivity contribution in [3.63, 3.8) is 0 Å². The van der Waals surface area contributed by atoms with Crippen molar-refractivity contribution >= 4 is 46.6 Å². The van der Waals surface area contributed by atoms with Gasteiger partial charge < -0.3 is 15.4 Å². The van der Waals surface area contributed by atoms with Crippen LogP contribution in [0.3, 0.4) is 0 Å². The van der Waals surface area contributed by atoms with Gasteiger partial charge in [-0.05, 0) is 54.6 Å². The lowest BCUT2D eigenvalue weighted by Crippen LogP contribution is -2.18. The molecular formula is C23H18ClF3N2O3S. The molecular weight excluding hydrogens is 477 g/mol. The molecule has 0 bridgehead atoms. The number of carbonyl (C=O) groups is 2. The van der Waals surface area contributed by atoms with Crippen LogP contribution in [0.25, 0.3) is 0 Å². The Balaban J connectivity index is 1.62. The summed E-state index contributed by atoms with van der Waals surface area (Å²) in [5.41, 5.74) is -0.465. The van der Waals surface area contributed by atoms with Crippen LogP contribution in [0.15, 0.2) is 71.6 Å². The fraction of sp³-hybridized carbons (Fsp3) is 0.130. The zero-order chi connectivity index (χ0) is 24.0. The van der Waals surface area contributed by atoms with E-state index in [1.165, 1.54) is 13.2 Å². The molecule has 0 spiro atoms. The van der Waals surface area contributed by atoms with Crippen LogP contribution in [-0.2, 0) is 11.0 Å². The van der Waals surface area contributed by atoms with Crippen LogP contribution in [0.5, 0.6) is 5.75 Å². The third-order valence-electron chi connectivity index (χ3n) is 4.35. The maximum absolute atomic E-state index is 13.2. The van der Waals surface area contributed by atoms with Gasteiger partial charge in [-0.1, -0.05) is 23.7 Å². The van der Waals surface area contributed by atoms with Gasteiger partial charge in [0.1, 0.15) is 5.75 Å². The number of benzene rings is 3. The summed E-state index contributed by atoms with van der Waals surface area (Å²) in [6.45, 7) is 0. The van der Waals surface area contributed by atoms with E-state index in [2.05, 4.69) is 10.6 Å². The minimum atomic E-state index is -4.66. The summed E-state index contributed by atoms with van der Waals surface area (Å²) in [6, 6.07) is 16.6. The van der Waals surface area contributed by atoms with Crippen molar-refractivity contribution in [2.24, 2.45) is 0 Å². The second-order valence-electron chi connectivity index (χ2n) is 6.74. The lowest BCUT2D eigenvalue weighted by molar-refractivity contribution is -0.137. The van der Waals surface area contributed by atoms with Crippen LogP contribution < -0.4 is 15.4 Å². The quantitative estimate of drug-likeness (QED) is 0.375. The van der Waals surface area contributed by atoms with Gasteiger partial charge in [0, 0.05) is 21.2 Å². The lowest BCUT2D eigenvalue weighted by Gasteiger charge is -2.14. The van der Waals surface area contributed by atoms with Crippen LogP contribution in [0.4, 0.5) is 24.5 Å². The van der Waals surface area contributed by atoms with E-state index < -0.39 is 17.6 Å². The molecule has 0 heterocycles. The van der Waals surface area contributed by atoms with Gasteiger partial charge in [-0.15, -0.1) is 11.8 Å². The largest absolute Gasteiger partial charge is 0.497 e. The van der Waals surface area contributed by atoms with E-state index in [9.17, 15) is 22.8 Å². The highest BCUT2D eigenvalue weighted by atomic mass is 35.5. The Bertz CT molecular complexity index is 1170. The molecule has 0 atom stereocenters. The number of amides is 2. The third-order valence-corrected chi connectivity index (χ3v) is 5.58. The number of anilines is 2. The molecule has 2 N–H and O–H groups in total. The Kier molecular flexibility index (Phi) is 7.88. The summed E-state index contributed by atoms with van der Waals surface area (Å²) >= 11 is 6.77. The first kappa shape index (κ1) is 24.5. The number of nitrogens with one attached hydrogen (secondary N) is 2. The van der Waals surface area contributed by atoms with Gasteiger partial charge in [0.05, 0.1) is 24.1 Å². The summed E-state index contributed by atoms with van der Waals surface area (Å²) in [5.74, 6) is -0.532. The second kappa shape index (κ2) is 10.6. The number of hydrogen-bond acceptors (Lipinski definition) is 4. The van der Waals surface area contributed by atoms with E-state index in [-0.39, 0.29) is 22.4 Å². The minimum absolute atomic E-state index is 0.0810. The molecule has 0 fully saturated rings. The lowest BCUT2D eigenvalue weighted by atomic mass is 10.1. The standard InChI is InChI=1S/C23H18ClF3N2O3S/c1-32-17-6-2-4-14(10-17)22(31)28-16-5-3-7-18(12-16)33-13-21(30)29-20-9-8-15(24)11-19(20)23(25,26)27/h2-12H,13H2,1H3,(H,28,31)(H,29,30). The normalized spacial score (nSPS) is 11.1. The molecule has 0 saturated carbocycles. The average molecular weight is 495 g/mol. The van der Waals surface area contributed by atoms with Crippen molar-refractivity contribution in [3.05, 3.63) is 82.9 Å². The molecule has 5 nitrogen and oxygen atoms in total. The molecule has 0 radical (unpaired) electrons. The Morgan fingerprint density at radius 3 is 2.48 bits per heavy atom. The fourth-order valence-corrected chi connectivity index (χ4v) is 3.75. The van der Waals surface area contributed by atoms with E-state index in [0.29, 0.717) is 21.9 Å². The molecule has 0 unspecified atom stereocenters. The molecule has 0 aliphatic rings. The molecule has 2 amide bonds. The number of ether oxygens (including phenoxy) is 1. The predicted molar refractivity (Wildman–Crippen MR) is 123 cm³/mol. The van der Waals surface area contributed by atoms with Crippen LogP contribution in [0, 0.1) is 0 Å². The number of methoxy groups -OCH3 is 1. The van der Waals surface area contributed by atoms with Gasteiger partial charge in [0.15, 0.2) is 0 Å². The maximum atomic E-state index is 13.2. The number of alkyl halides is 3. The van der Waals surface area contributed by atoms with Gasteiger partial charge in [0.25, 0.3) is 5.91 Å². The SMILES string of the molecule is COc1cccc(C(=O)Nc2cccc(SCC(=O)Nc3ccc(Cl)cc3C(F)(F)F)c2)c1. The van der Waals surface area contributed by atoms with Crippen molar-refractivity contribution in [1.82, 2.24) is 0 Å². The molecule has 0 saturated heterocycles. The van der Waals surface area contributed by atoms with Crippen molar-refractivity contribution in [2.45, 2.75) is 11.1 Å². The van der Waals surface area contributed by atoms with Gasteiger partial charge in [0.2, 0.25) is 5.91 Å².